The number of rotatable bonds is 6. The molecule has 2 aliphatic rings. The molecule has 1 amide bonds. The highest BCUT2D eigenvalue weighted by molar-refractivity contribution is 5.92. The monoisotopic (exact) mass is 380 g/mol. The molecule has 2 aliphatic heterocycles. The smallest absolute Gasteiger partial charge is 0.274 e. The number of carbonyl (C=O) groups excluding carboxylic acids is 1. The summed E-state index contributed by atoms with van der Waals surface area (Å²) in [4.78, 5) is 25.8. The van der Waals surface area contributed by atoms with Gasteiger partial charge in [0.2, 0.25) is 0 Å². The van der Waals surface area contributed by atoms with Gasteiger partial charge in [-0.3, -0.25) is 14.7 Å². The van der Waals surface area contributed by atoms with Gasteiger partial charge in [-0.15, -0.1) is 0 Å². The highest BCUT2D eigenvalue weighted by atomic mass is 16.5. The molecule has 0 spiro atoms. The molecule has 1 aromatic carbocycles. The van der Waals surface area contributed by atoms with Gasteiger partial charge in [0.1, 0.15) is 5.69 Å². The summed E-state index contributed by atoms with van der Waals surface area (Å²) in [7, 11) is 0. The van der Waals surface area contributed by atoms with Crippen molar-refractivity contribution in [2.24, 2.45) is 0 Å². The van der Waals surface area contributed by atoms with Crippen LogP contribution in [0.2, 0.25) is 0 Å². The molecule has 148 valence electrons. The van der Waals surface area contributed by atoms with Crippen molar-refractivity contribution >= 4 is 5.91 Å². The van der Waals surface area contributed by atoms with Crippen molar-refractivity contribution < 1.29 is 9.53 Å². The Balaban J connectivity index is 1.37. The van der Waals surface area contributed by atoms with Gasteiger partial charge in [-0.2, -0.15) is 0 Å². The van der Waals surface area contributed by atoms with Crippen LogP contribution >= 0.6 is 0 Å². The van der Waals surface area contributed by atoms with Crippen molar-refractivity contribution in [1.29, 1.82) is 0 Å². The Morgan fingerprint density at radius 1 is 1.18 bits per heavy atom. The van der Waals surface area contributed by atoms with Crippen LogP contribution in [-0.4, -0.2) is 64.6 Å². The zero-order chi connectivity index (χ0) is 19.2. The van der Waals surface area contributed by atoms with Crippen molar-refractivity contribution in [2.45, 2.75) is 38.3 Å². The molecule has 1 saturated heterocycles. The van der Waals surface area contributed by atoms with Gasteiger partial charge in [0, 0.05) is 57.8 Å². The van der Waals surface area contributed by atoms with Crippen molar-refractivity contribution in [3.63, 3.8) is 0 Å². The van der Waals surface area contributed by atoms with E-state index in [1.165, 1.54) is 11.1 Å². The number of hydrogen-bond acceptors (Lipinski definition) is 5. The van der Waals surface area contributed by atoms with Crippen molar-refractivity contribution in [3.05, 3.63) is 59.7 Å². The maximum absolute atomic E-state index is 13.1. The molecular weight excluding hydrogens is 352 g/mol. The summed E-state index contributed by atoms with van der Waals surface area (Å²) < 4.78 is 5.49. The van der Waals surface area contributed by atoms with E-state index in [4.69, 9.17) is 4.74 Å². The fourth-order valence-corrected chi connectivity index (χ4v) is 4.21. The van der Waals surface area contributed by atoms with Crippen LogP contribution in [0.3, 0.4) is 0 Å². The lowest BCUT2D eigenvalue weighted by Gasteiger charge is -2.35. The van der Waals surface area contributed by atoms with Crippen LogP contribution in [0.4, 0.5) is 0 Å². The largest absolute Gasteiger partial charge is 0.381 e. The van der Waals surface area contributed by atoms with Crippen LogP contribution < -0.4 is 0 Å². The first kappa shape index (κ1) is 19.0. The molecule has 0 radical (unpaired) electrons. The van der Waals surface area contributed by atoms with Crippen LogP contribution in [0.1, 0.15) is 40.9 Å². The quantitative estimate of drug-likeness (QED) is 0.771. The molecule has 0 N–H and O–H groups in total. The van der Waals surface area contributed by atoms with Gasteiger partial charge in [0.05, 0.1) is 6.20 Å². The second-order valence-electron chi connectivity index (χ2n) is 7.58. The van der Waals surface area contributed by atoms with Gasteiger partial charge in [0.15, 0.2) is 0 Å². The molecule has 0 unspecified atom stereocenters. The minimum Gasteiger partial charge on any atom is -0.381 e. The summed E-state index contributed by atoms with van der Waals surface area (Å²) in [5.41, 5.74) is 3.34. The summed E-state index contributed by atoms with van der Waals surface area (Å²) in [5, 5.41) is 0. The van der Waals surface area contributed by atoms with Crippen LogP contribution in [0.25, 0.3) is 0 Å². The fourth-order valence-electron chi connectivity index (χ4n) is 4.21. The molecule has 6 nitrogen and oxygen atoms in total. The third-order valence-electron chi connectivity index (χ3n) is 5.76. The second kappa shape index (κ2) is 9.26. The highest BCUT2D eigenvalue weighted by Crippen LogP contribution is 2.20. The topological polar surface area (TPSA) is 58.6 Å². The minimum atomic E-state index is -0.0102. The maximum Gasteiger partial charge on any atom is 0.274 e. The van der Waals surface area contributed by atoms with Crippen molar-refractivity contribution in [1.82, 2.24) is 19.8 Å². The van der Waals surface area contributed by atoms with Crippen molar-refractivity contribution in [3.8, 4) is 0 Å². The third-order valence-corrected chi connectivity index (χ3v) is 5.76. The molecule has 0 saturated carbocycles. The molecule has 4 rings (SSSR count). The summed E-state index contributed by atoms with van der Waals surface area (Å²) in [5.74, 6) is -0.0102. The Kier molecular flexibility index (Phi) is 6.29. The molecule has 3 heterocycles. The molecule has 28 heavy (non-hydrogen) atoms. The van der Waals surface area contributed by atoms with Gasteiger partial charge < -0.3 is 9.64 Å². The van der Waals surface area contributed by atoms with E-state index in [1.54, 1.807) is 18.6 Å². The second-order valence-corrected chi connectivity index (χ2v) is 7.58. The summed E-state index contributed by atoms with van der Waals surface area (Å²) in [6, 6.07) is 8.94. The zero-order valence-electron chi connectivity index (χ0n) is 16.3. The number of aromatic nitrogens is 2. The average Bonchev–Trinajstić information content (AvgIpc) is 2.77. The Morgan fingerprint density at radius 3 is 2.79 bits per heavy atom. The molecule has 2 aromatic rings. The molecule has 0 bridgehead atoms. The Bertz CT molecular complexity index is 777. The number of fused-ring (bicyclic) bond motifs is 1. The molecular formula is C22H28N4O2. The van der Waals surface area contributed by atoms with E-state index in [-0.39, 0.29) is 11.9 Å². The van der Waals surface area contributed by atoms with Crippen LogP contribution in [0.5, 0.6) is 0 Å². The zero-order valence-corrected chi connectivity index (χ0v) is 16.3. The average molecular weight is 380 g/mol. The van der Waals surface area contributed by atoms with E-state index in [2.05, 4.69) is 39.1 Å². The predicted octanol–water partition coefficient (Wildman–Crippen LogP) is 2.55. The summed E-state index contributed by atoms with van der Waals surface area (Å²) >= 11 is 0. The highest BCUT2D eigenvalue weighted by Gasteiger charge is 2.27. The van der Waals surface area contributed by atoms with E-state index in [9.17, 15) is 4.79 Å². The van der Waals surface area contributed by atoms with E-state index in [0.29, 0.717) is 5.69 Å². The number of hydrogen-bond donors (Lipinski definition) is 0. The van der Waals surface area contributed by atoms with Crippen LogP contribution in [0, 0.1) is 0 Å². The Hall–Kier alpha value is -2.31. The van der Waals surface area contributed by atoms with Crippen molar-refractivity contribution in [2.75, 3.05) is 32.8 Å². The van der Waals surface area contributed by atoms with Gasteiger partial charge >= 0.3 is 0 Å². The summed E-state index contributed by atoms with van der Waals surface area (Å²) in [6.45, 7) is 5.29. The fraction of sp³-hybridized carbons (Fsp3) is 0.500. The number of nitrogens with zero attached hydrogens (tertiary/aromatic N) is 4. The van der Waals surface area contributed by atoms with Crippen LogP contribution in [-0.2, 0) is 17.7 Å². The number of benzene rings is 1. The van der Waals surface area contributed by atoms with Crippen LogP contribution in [0.15, 0.2) is 42.9 Å². The maximum atomic E-state index is 13.1. The van der Waals surface area contributed by atoms with E-state index in [0.717, 1.165) is 65.1 Å². The van der Waals surface area contributed by atoms with E-state index in [1.807, 2.05) is 4.90 Å². The van der Waals surface area contributed by atoms with E-state index < -0.39 is 0 Å². The minimum absolute atomic E-state index is 0.0102. The lowest BCUT2D eigenvalue weighted by atomic mass is 10.00. The van der Waals surface area contributed by atoms with Gasteiger partial charge in [0.25, 0.3) is 5.91 Å². The first-order chi connectivity index (χ1) is 13.8. The molecule has 0 atom stereocenters. The SMILES string of the molecule is O=C(c1cnccn1)N(CCCN1CCc2ccccc2C1)C1CCOCC1. The van der Waals surface area contributed by atoms with Gasteiger partial charge in [-0.1, -0.05) is 24.3 Å². The molecule has 1 fully saturated rings. The summed E-state index contributed by atoms with van der Waals surface area (Å²) in [6.07, 6.45) is 8.61. The predicted molar refractivity (Wildman–Crippen MR) is 107 cm³/mol. The first-order valence-corrected chi connectivity index (χ1v) is 10.2. The van der Waals surface area contributed by atoms with Gasteiger partial charge in [-0.05, 0) is 36.8 Å². The third kappa shape index (κ3) is 4.56. The van der Waals surface area contributed by atoms with E-state index >= 15 is 0 Å². The number of ether oxygens (including phenoxy) is 1. The normalized spacial score (nSPS) is 17.9. The number of carbonyl (C=O) groups is 1. The number of amides is 1. The Morgan fingerprint density at radius 2 is 2.00 bits per heavy atom. The molecule has 6 heteroatoms. The first-order valence-electron chi connectivity index (χ1n) is 10.2. The Labute approximate surface area is 166 Å². The lowest BCUT2D eigenvalue weighted by Crippen LogP contribution is -2.45. The van der Waals surface area contributed by atoms with Gasteiger partial charge in [-0.25, -0.2) is 4.98 Å². The standard InChI is InChI=1S/C22H28N4O2/c27-22(21-16-23-9-10-24-21)26(20-7-14-28-15-8-20)12-3-11-25-13-6-18-4-1-2-5-19(18)17-25/h1-2,4-5,9-10,16,20H,3,6-8,11-15,17H2. The lowest BCUT2D eigenvalue weighted by molar-refractivity contribution is 0.0275. The molecule has 1 aromatic heterocycles. The molecule has 0 aliphatic carbocycles.